The largest absolute Gasteiger partial charge is 0.465 e. The van der Waals surface area contributed by atoms with Gasteiger partial charge in [-0.2, -0.15) is 0 Å². The molecule has 2 amide bonds. The number of rotatable bonds is 14. The summed E-state index contributed by atoms with van der Waals surface area (Å²) in [5, 5.41) is 11.3. The molecule has 5 rings (SSSR count). The Balaban J connectivity index is 1.52. The van der Waals surface area contributed by atoms with Crippen LogP contribution in [0.25, 0.3) is 10.8 Å². The SMILES string of the molecule is C=CCCOC(=O)[C@@H]1[C@H]2C(=O)N(CCCCCCO)C(C(=O)N(CC=C)c3ccc4ccccc4c3)C23S[C@@H]1CC3C. The van der Waals surface area contributed by atoms with E-state index >= 15 is 0 Å². The molecule has 8 heteroatoms. The van der Waals surface area contributed by atoms with E-state index in [1.165, 1.54) is 0 Å². The van der Waals surface area contributed by atoms with Crippen molar-refractivity contribution in [3.05, 3.63) is 67.8 Å². The Morgan fingerprint density at radius 3 is 2.62 bits per heavy atom. The number of anilines is 1. The van der Waals surface area contributed by atoms with E-state index in [0.717, 1.165) is 42.1 Å². The first-order valence-electron chi connectivity index (χ1n) is 15.2. The molecule has 3 saturated heterocycles. The molecule has 7 nitrogen and oxygen atoms in total. The van der Waals surface area contributed by atoms with E-state index < -0.39 is 22.6 Å². The fourth-order valence-corrected chi connectivity index (χ4v) is 9.74. The van der Waals surface area contributed by atoms with Crippen molar-refractivity contribution >= 4 is 46.0 Å². The third-order valence-electron chi connectivity index (χ3n) is 9.25. The monoisotopic (exact) mass is 590 g/mol. The number of aliphatic hydroxyl groups excluding tert-OH is 1. The van der Waals surface area contributed by atoms with Crippen LogP contribution in [0, 0.1) is 17.8 Å². The zero-order chi connectivity index (χ0) is 29.9. The molecule has 3 unspecified atom stereocenters. The number of amides is 2. The van der Waals surface area contributed by atoms with Crippen molar-refractivity contribution in [3.63, 3.8) is 0 Å². The summed E-state index contributed by atoms with van der Waals surface area (Å²) in [5.74, 6) is -1.66. The second-order valence-corrected chi connectivity index (χ2v) is 13.3. The Morgan fingerprint density at radius 1 is 1.12 bits per heavy atom. The van der Waals surface area contributed by atoms with Gasteiger partial charge in [0.15, 0.2) is 0 Å². The lowest BCUT2D eigenvalue weighted by Crippen LogP contribution is -2.57. The molecule has 2 aromatic rings. The summed E-state index contributed by atoms with van der Waals surface area (Å²) in [5.41, 5.74) is 0.763. The summed E-state index contributed by atoms with van der Waals surface area (Å²) >= 11 is 1.67. The van der Waals surface area contributed by atoms with Crippen molar-refractivity contribution in [3.8, 4) is 0 Å². The molecule has 6 atom stereocenters. The fraction of sp³-hybridized carbons (Fsp3) is 0.500. The Bertz CT molecular complexity index is 1350. The number of carbonyl (C=O) groups excluding carboxylic acids is 3. The number of thioether (sulfide) groups is 1. The number of aliphatic hydroxyl groups is 1. The van der Waals surface area contributed by atoms with Crippen LogP contribution in [-0.2, 0) is 19.1 Å². The van der Waals surface area contributed by atoms with Crippen LogP contribution in [0.1, 0.15) is 45.4 Å². The highest BCUT2D eigenvalue weighted by Crippen LogP contribution is 2.68. The molecule has 42 heavy (non-hydrogen) atoms. The number of carbonyl (C=O) groups is 3. The lowest BCUT2D eigenvalue weighted by molar-refractivity contribution is -0.154. The van der Waals surface area contributed by atoms with Crippen molar-refractivity contribution in [2.45, 2.75) is 61.5 Å². The van der Waals surface area contributed by atoms with E-state index in [2.05, 4.69) is 20.1 Å². The molecule has 0 aliphatic carbocycles. The van der Waals surface area contributed by atoms with Crippen LogP contribution in [0.5, 0.6) is 0 Å². The maximum Gasteiger partial charge on any atom is 0.310 e. The summed E-state index contributed by atoms with van der Waals surface area (Å²) in [6.07, 6.45) is 7.90. The lowest BCUT2D eigenvalue weighted by Gasteiger charge is -2.40. The van der Waals surface area contributed by atoms with Crippen molar-refractivity contribution in [2.75, 3.05) is 31.2 Å². The van der Waals surface area contributed by atoms with Gasteiger partial charge in [0, 0.05) is 30.6 Å². The molecule has 0 aromatic heterocycles. The standard InChI is InChI=1S/C34H42N2O5S/c1-4-6-20-41-33(40)28-27-21-23(3)34(42-27)29(28)31(38)36(18-11-7-8-12-19-37)30(34)32(39)35(17-5-2)26-16-15-24-13-9-10-14-25(24)22-26/h4-5,9-10,13-16,22-23,27-30,37H,1-2,6-8,11-12,17-21H2,3H3/t23?,27-,28+,29+,30?,34?/m1/s1. The third kappa shape index (κ3) is 5.28. The average molecular weight is 591 g/mol. The van der Waals surface area contributed by atoms with Gasteiger partial charge in [0.2, 0.25) is 5.91 Å². The van der Waals surface area contributed by atoms with Crippen molar-refractivity contribution in [1.29, 1.82) is 0 Å². The van der Waals surface area contributed by atoms with E-state index in [1.807, 2.05) is 42.5 Å². The van der Waals surface area contributed by atoms with Crippen LogP contribution in [-0.4, -0.2) is 70.1 Å². The number of nitrogens with zero attached hydrogens (tertiary/aromatic N) is 2. The zero-order valence-corrected chi connectivity index (χ0v) is 25.3. The Labute approximate surface area is 253 Å². The molecule has 3 heterocycles. The van der Waals surface area contributed by atoms with Gasteiger partial charge in [-0.1, -0.05) is 62.2 Å². The fourth-order valence-electron chi connectivity index (χ4n) is 7.34. The Hall–Kier alpha value is -3.10. The Morgan fingerprint density at radius 2 is 1.88 bits per heavy atom. The molecule has 3 aliphatic rings. The molecular formula is C34H42N2O5S. The summed E-state index contributed by atoms with van der Waals surface area (Å²) in [6.45, 7) is 10.9. The molecule has 3 fully saturated rings. The van der Waals surface area contributed by atoms with Crippen LogP contribution in [0.15, 0.2) is 67.8 Å². The van der Waals surface area contributed by atoms with E-state index in [-0.39, 0.29) is 42.2 Å². The first-order chi connectivity index (χ1) is 20.4. The number of esters is 1. The van der Waals surface area contributed by atoms with Gasteiger partial charge in [0.05, 0.1) is 23.2 Å². The van der Waals surface area contributed by atoms with Crippen LogP contribution in [0.4, 0.5) is 5.69 Å². The summed E-state index contributed by atoms with van der Waals surface area (Å²) in [7, 11) is 0. The highest BCUT2D eigenvalue weighted by Gasteiger charge is 2.76. The number of likely N-dealkylation sites (tertiary alicyclic amines) is 1. The molecule has 1 spiro atoms. The smallest absolute Gasteiger partial charge is 0.310 e. The minimum atomic E-state index is -0.706. The van der Waals surface area contributed by atoms with E-state index in [4.69, 9.17) is 4.74 Å². The van der Waals surface area contributed by atoms with Gasteiger partial charge in [-0.25, -0.2) is 0 Å². The van der Waals surface area contributed by atoms with Crippen molar-refractivity contribution in [2.24, 2.45) is 17.8 Å². The van der Waals surface area contributed by atoms with Crippen molar-refractivity contribution < 1.29 is 24.2 Å². The van der Waals surface area contributed by atoms with Gasteiger partial charge in [0.1, 0.15) is 6.04 Å². The van der Waals surface area contributed by atoms with Crippen LogP contribution >= 0.6 is 11.8 Å². The predicted molar refractivity (Wildman–Crippen MR) is 168 cm³/mol. The highest BCUT2D eigenvalue weighted by atomic mass is 32.2. The maximum absolute atomic E-state index is 14.8. The first kappa shape index (κ1) is 30.4. The number of unbranched alkanes of at least 4 members (excludes halogenated alkanes) is 3. The average Bonchev–Trinajstić information content (AvgIpc) is 3.59. The molecule has 3 aliphatic heterocycles. The number of hydrogen-bond acceptors (Lipinski definition) is 6. The van der Waals surface area contributed by atoms with Gasteiger partial charge < -0.3 is 19.6 Å². The van der Waals surface area contributed by atoms with Gasteiger partial charge in [-0.3, -0.25) is 14.4 Å². The molecule has 2 aromatic carbocycles. The van der Waals surface area contributed by atoms with Gasteiger partial charge in [-0.15, -0.1) is 24.9 Å². The topological polar surface area (TPSA) is 87.1 Å². The maximum atomic E-state index is 14.8. The minimum absolute atomic E-state index is 0.0549. The van der Waals surface area contributed by atoms with Crippen LogP contribution < -0.4 is 4.90 Å². The molecule has 0 saturated carbocycles. The zero-order valence-electron chi connectivity index (χ0n) is 24.5. The van der Waals surface area contributed by atoms with Gasteiger partial charge in [0.25, 0.3) is 5.91 Å². The predicted octanol–water partition coefficient (Wildman–Crippen LogP) is 5.37. The van der Waals surface area contributed by atoms with Crippen LogP contribution in [0.2, 0.25) is 0 Å². The second-order valence-electron chi connectivity index (χ2n) is 11.7. The Kier molecular flexibility index (Phi) is 9.43. The second kappa shape index (κ2) is 13.0. The first-order valence-corrected chi connectivity index (χ1v) is 16.0. The van der Waals surface area contributed by atoms with E-state index in [9.17, 15) is 19.5 Å². The number of hydrogen-bond donors (Lipinski definition) is 1. The quantitative estimate of drug-likeness (QED) is 0.181. The normalized spacial score (nSPS) is 27.7. The highest BCUT2D eigenvalue weighted by molar-refractivity contribution is 8.02. The number of fused-ring (bicyclic) bond motifs is 2. The van der Waals surface area contributed by atoms with Gasteiger partial charge in [-0.05, 0) is 54.5 Å². The third-order valence-corrected chi connectivity index (χ3v) is 11.3. The number of ether oxygens (including phenoxy) is 1. The number of benzene rings is 2. The molecule has 2 bridgehead atoms. The van der Waals surface area contributed by atoms with Crippen molar-refractivity contribution in [1.82, 2.24) is 4.90 Å². The summed E-state index contributed by atoms with van der Waals surface area (Å²) in [6, 6.07) is 13.3. The molecule has 224 valence electrons. The molecule has 0 radical (unpaired) electrons. The van der Waals surface area contributed by atoms with Crippen LogP contribution in [0.3, 0.4) is 0 Å². The van der Waals surface area contributed by atoms with Gasteiger partial charge >= 0.3 is 5.97 Å². The minimum Gasteiger partial charge on any atom is -0.465 e. The summed E-state index contributed by atoms with van der Waals surface area (Å²) in [4.78, 5) is 46.1. The molecule has 1 N–H and O–H groups in total. The van der Waals surface area contributed by atoms with E-state index in [1.54, 1.807) is 33.7 Å². The summed E-state index contributed by atoms with van der Waals surface area (Å²) < 4.78 is 4.93. The lowest BCUT2D eigenvalue weighted by atomic mass is 9.66. The molecular weight excluding hydrogens is 548 g/mol. The van der Waals surface area contributed by atoms with E-state index in [0.29, 0.717) is 25.9 Å².